The maximum atomic E-state index is 10.8. The molecule has 0 spiro atoms. The molecule has 0 unspecified atom stereocenters. The molecule has 0 aliphatic rings. The third-order valence-electron chi connectivity index (χ3n) is 2.19. The smallest absolute Gasteiger partial charge is 0.195 e. The molecular weight excluding hydrogens is 192 g/mol. The van der Waals surface area contributed by atoms with Crippen LogP contribution in [-0.4, -0.2) is 10.8 Å². The number of carbonyl (C=O) groups is 1. The lowest BCUT2D eigenvalue weighted by Crippen LogP contribution is -1.93. The first-order chi connectivity index (χ1) is 7.16. The van der Waals surface area contributed by atoms with Gasteiger partial charge in [-0.05, 0) is 19.1 Å². The average molecular weight is 204 g/mol. The quantitative estimate of drug-likeness (QED) is 0.775. The van der Waals surface area contributed by atoms with Crippen molar-refractivity contribution >= 4 is 22.6 Å². The average Bonchev–Trinajstić information content (AvgIpc) is 2.59. The number of carbonyl (C=O) groups excluding carboxylic acids is 1. The molecule has 0 radical (unpaired) electrons. The topological polar surface area (TPSA) is 69.1 Å². The Morgan fingerprint density at radius 1 is 1.53 bits per heavy atom. The predicted octanol–water partition coefficient (Wildman–Crippen LogP) is 1.93. The van der Waals surface area contributed by atoms with Crippen LogP contribution in [0, 0.1) is 0 Å². The molecule has 15 heavy (non-hydrogen) atoms. The van der Waals surface area contributed by atoms with Crippen LogP contribution in [0.1, 0.15) is 19.2 Å². The van der Waals surface area contributed by atoms with Gasteiger partial charge < -0.3 is 14.9 Å². The van der Waals surface area contributed by atoms with Gasteiger partial charge in [-0.1, -0.05) is 6.07 Å². The van der Waals surface area contributed by atoms with Crippen LogP contribution in [-0.2, 0) is 11.2 Å². The normalized spacial score (nSPS) is 10.7. The van der Waals surface area contributed by atoms with Crippen molar-refractivity contribution in [3.05, 3.63) is 24.1 Å². The summed E-state index contributed by atoms with van der Waals surface area (Å²) in [5, 5.41) is 0. The number of ketones is 1. The van der Waals surface area contributed by atoms with E-state index in [1.807, 2.05) is 12.1 Å². The fourth-order valence-electron chi connectivity index (χ4n) is 1.41. The van der Waals surface area contributed by atoms with E-state index in [0.29, 0.717) is 35.5 Å². The fraction of sp³-hybridized carbons (Fsp3) is 0.273. The number of hydrogen-bond donors (Lipinski definition) is 1. The number of Topliss-reactive ketones (excluding diaryl/α,β-unsaturated/α-hetero) is 1. The van der Waals surface area contributed by atoms with E-state index in [2.05, 4.69) is 4.98 Å². The van der Waals surface area contributed by atoms with Gasteiger partial charge in [-0.2, -0.15) is 0 Å². The van der Waals surface area contributed by atoms with Crippen molar-refractivity contribution in [1.82, 2.24) is 4.98 Å². The molecule has 1 heterocycles. The Kier molecular flexibility index (Phi) is 2.41. The minimum atomic E-state index is 0.130. The number of rotatable bonds is 3. The number of fused-ring (bicyclic) bond motifs is 1. The summed E-state index contributed by atoms with van der Waals surface area (Å²) < 4.78 is 5.46. The van der Waals surface area contributed by atoms with E-state index in [-0.39, 0.29) is 5.78 Å². The Hall–Kier alpha value is -1.84. The van der Waals surface area contributed by atoms with Gasteiger partial charge >= 0.3 is 0 Å². The van der Waals surface area contributed by atoms with Gasteiger partial charge in [0, 0.05) is 12.8 Å². The number of anilines is 1. The van der Waals surface area contributed by atoms with Gasteiger partial charge in [-0.15, -0.1) is 0 Å². The van der Waals surface area contributed by atoms with Gasteiger partial charge in [-0.3, -0.25) is 0 Å². The third-order valence-corrected chi connectivity index (χ3v) is 2.19. The highest BCUT2D eigenvalue weighted by molar-refractivity contribution is 5.85. The van der Waals surface area contributed by atoms with Gasteiger partial charge in [0.1, 0.15) is 11.3 Å². The van der Waals surface area contributed by atoms with Crippen LogP contribution in [0.4, 0.5) is 5.69 Å². The monoisotopic (exact) mass is 204 g/mol. The molecule has 0 amide bonds. The van der Waals surface area contributed by atoms with Crippen LogP contribution < -0.4 is 5.73 Å². The van der Waals surface area contributed by atoms with Crippen LogP contribution in [0.25, 0.3) is 11.1 Å². The first kappa shape index (κ1) is 9.71. The zero-order valence-electron chi connectivity index (χ0n) is 8.49. The molecule has 0 bridgehead atoms. The van der Waals surface area contributed by atoms with Gasteiger partial charge in [0.2, 0.25) is 0 Å². The van der Waals surface area contributed by atoms with Crippen LogP contribution in [0.2, 0.25) is 0 Å². The van der Waals surface area contributed by atoms with E-state index in [9.17, 15) is 4.79 Å². The number of oxazole rings is 1. The van der Waals surface area contributed by atoms with E-state index in [0.717, 1.165) is 0 Å². The summed E-state index contributed by atoms with van der Waals surface area (Å²) >= 11 is 0. The van der Waals surface area contributed by atoms with E-state index in [1.54, 1.807) is 13.0 Å². The van der Waals surface area contributed by atoms with Gasteiger partial charge in [0.15, 0.2) is 11.5 Å². The SMILES string of the molecule is CC(=O)CCc1nc2c(N)cccc2o1. The molecule has 2 aromatic rings. The third kappa shape index (κ3) is 1.98. The number of para-hydroxylation sites is 1. The summed E-state index contributed by atoms with van der Waals surface area (Å²) in [5.74, 6) is 0.698. The van der Waals surface area contributed by atoms with E-state index < -0.39 is 0 Å². The first-order valence-corrected chi connectivity index (χ1v) is 4.80. The molecule has 0 saturated heterocycles. The summed E-state index contributed by atoms with van der Waals surface area (Å²) in [4.78, 5) is 15.0. The lowest BCUT2D eigenvalue weighted by molar-refractivity contribution is -0.117. The Morgan fingerprint density at radius 3 is 3.00 bits per heavy atom. The molecule has 1 aromatic carbocycles. The van der Waals surface area contributed by atoms with Crippen LogP contribution in [0.5, 0.6) is 0 Å². The van der Waals surface area contributed by atoms with Crippen molar-refractivity contribution in [1.29, 1.82) is 0 Å². The second kappa shape index (κ2) is 3.73. The molecule has 0 fully saturated rings. The number of nitrogens with zero attached hydrogens (tertiary/aromatic N) is 1. The predicted molar refractivity (Wildman–Crippen MR) is 57.4 cm³/mol. The van der Waals surface area contributed by atoms with Gasteiger partial charge in [-0.25, -0.2) is 4.98 Å². The standard InChI is InChI=1S/C11H12N2O2/c1-7(14)5-6-10-13-11-8(12)3-2-4-9(11)15-10/h2-4H,5-6,12H2,1H3. The summed E-state index contributed by atoms with van der Waals surface area (Å²) in [6, 6.07) is 5.41. The van der Waals surface area contributed by atoms with Crippen molar-refractivity contribution in [3.63, 3.8) is 0 Å². The Bertz CT molecular complexity index is 502. The lowest BCUT2D eigenvalue weighted by atomic mass is 10.2. The number of nitrogens with two attached hydrogens (primary N) is 1. The van der Waals surface area contributed by atoms with Crippen molar-refractivity contribution < 1.29 is 9.21 Å². The first-order valence-electron chi connectivity index (χ1n) is 4.80. The van der Waals surface area contributed by atoms with Crippen molar-refractivity contribution in [3.8, 4) is 0 Å². The summed E-state index contributed by atoms with van der Waals surface area (Å²) in [6.07, 6.45) is 0.982. The molecule has 4 nitrogen and oxygen atoms in total. The van der Waals surface area contributed by atoms with Gasteiger partial charge in [0.05, 0.1) is 5.69 Å². The highest BCUT2D eigenvalue weighted by Crippen LogP contribution is 2.21. The van der Waals surface area contributed by atoms with E-state index in [1.165, 1.54) is 0 Å². The highest BCUT2D eigenvalue weighted by atomic mass is 16.3. The van der Waals surface area contributed by atoms with Crippen molar-refractivity contribution in [2.24, 2.45) is 0 Å². The van der Waals surface area contributed by atoms with Crippen LogP contribution in [0.3, 0.4) is 0 Å². The van der Waals surface area contributed by atoms with Crippen LogP contribution in [0.15, 0.2) is 22.6 Å². The van der Waals surface area contributed by atoms with E-state index >= 15 is 0 Å². The van der Waals surface area contributed by atoms with Crippen molar-refractivity contribution in [2.45, 2.75) is 19.8 Å². The summed E-state index contributed by atoms with van der Waals surface area (Å²) in [7, 11) is 0. The minimum Gasteiger partial charge on any atom is -0.441 e. The maximum absolute atomic E-state index is 10.8. The molecule has 0 saturated carbocycles. The van der Waals surface area contributed by atoms with Crippen molar-refractivity contribution in [2.75, 3.05) is 5.73 Å². The lowest BCUT2D eigenvalue weighted by Gasteiger charge is -1.89. The summed E-state index contributed by atoms with van der Waals surface area (Å²) in [5.41, 5.74) is 7.69. The summed E-state index contributed by atoms with van der Waals surface area (Å²) in [6.45, 7) is 1.55. The minimum absolute atomic E-state index is 0.130. The van der Waals surface area contributed by atoms with Crippen LogP contribution >= 0.6 is 0 Å². The Morgan fingerprint density at radius 2 is 2.33 bits per heavy atom. The van der Waals surface area contributed by atoms with Gasteiger partial charge in [0.25, 0.3) is 0 Å². The zero-order valence-corrected chi connectivity index (χ0v) is 8.49. The highest BCUT2D eigenvalue weighted by Gasteiger charge is 2.08. The Labute approximate surface area is 87.1 Å². The molecule has 4 heteroatoms. The molecule has 0 atom stereocenters. The zero-order chi connectivity index (χ0) is 10.8. The second-order valence-electron chi connectivity index (χ2n) is 3.50. The maximum Gasteiger partial charge on any atom is 0.195 e. The molecule has 0 aliphatic carbocycles. The molecule has 1 aromatic heterocycles. The number of nitrogen functional groups attached to an aromatic ring is 1. The number of benzene rings is 1. The number of hydrogen-bond acceptors (Lipinski definition) is 4. The molecule has 2 rings (SSSR count). The largest absolute Gasteiger partial charge is 0.441 e. The molecule has 78 valence electrons. The fourth-order valence-corrected chi connectivity index (χ4v) is 1.41. The molecule has 0 aliphatic heterocycles. The van der Waals surface area contributed by atoms with E-state index in [4.69, 9.17) is 10.2 Å². The molecule has 2 N–H and O–H groups in total. The molecular formula is C11H12N2O2. The Balaban J connectivity index is 2.31. The number of aryl methyl sites for hydroxylation is 1. The number of aromatic nitrogens is 1. The second-order valence-corrected chi connectivity index (χ2v) is 3.50.